The standard InChI is InChI=1S/C19H16F4O4/c20-15-10-14(18(6-7-27-18)19(21,22)23)16(8-13(15)9-17(24)25)26-11-12-4-2-1-3-5-12/h1-5,8,10H,6-7,9,11H2,(H,24,25). The van der Waals surface area contributed by atoms with Crippen LogP contribution in [0.15, 0.2) is 42.5 Å². The van der Waals surface area contributed by atoms with Crippen molar-refractivity contribution in [3.05, 3.63) is 65.0 Å². The fraction of sp³-hybridized carbons (Fsp3) is 0.316. The quantitative estimate of drug-likeness (QED) is 0.758. The monoisotopic (exact) mass is 384 g/mol. The summed E-state index contributed by atoms with van der Waals surface area (Å²) in [6.45, 7) is -0.171. The van der Waals surface area contributed by atoms with Crippen molar-refractivity contribution in [2.24, 2.45) is 0 Å². The van der Waals surface area contributed by atoms with Crippen LogP contribution < -0.4 is 4.74 Å². The average Bonchev–Trinajstić information content (AvgIpc) is 2.54. The van der Waals surface area contributed by atoms with Crippen molar-refractivity contribution < 1.29 is 36.9 Å². The Morgan fingerprint density at radius 2 is 1.89 bits per heavy atom. The summed E-state index contributed by atoms with van der Waals surface area (Å²) in [5, 5.41) is 8.89. The number of alkyl halides is 3. The smallest absolute Gasteiger partial charge is 0.421 e. The van der Waals surface area contributed by atoms with E-state index in [4.69, 9.17) is 14.6 Å². The summed E-state index contributed by atoms with van der Waals surface area (Å²) in [7, 11) is 0. The van der Waals surface area contributed by atoms with E-state index in [2.05, 4.69) is 0 Å². The first-order valence-corrected chi connectivity index (χ1v) is 8.15. The second kappa shape index (κ2) is 7.19. The number of carboxylic acid groups (broad SMARTS) is 1. The molecule has 8 heteroatoms. The van der Waals surface area contributed by atoms with Gasteiger partial charge in [0, 0.05) is 17.5 Å². The van der Waals surface area contributed by atoms with Crippen molar-refractivity contribution in [2.75, 3.05) is 6.61 Å². The van der Waals surface area contributed by atoms with E-state index < -0.39 is 35.5 Å². The molecule has 0 radical (unpaired) electrons. The Kier molecular flexibility index (Phi) is 5.10. The van der Waals surface area contributed by atoms with Gasteiger partial charge in [0.15, 0.2) is 5.60 Å². The van der Waals surface area contributed by atoms with Crippen LogP contribution in [-0.4, -0.2) is 23.9 Å². The maximum Gasteiger partial charge on any atom is 0.421 e. The van der Waals surface area contributed by atoms with Gasteiger partial charge in [-0.3, -0.25) is 4.79 Å². The molecule has 27 heavy (non-hydrogen) atoms. The minimum atomic E-state index is -4.77. The molecule has 0 aliphatic carbocycles. The van der Waals surface area contributed by atoms with Gasteiger partial charge in [-0.2, -0.15) is 13.2 Å². The highest BCUT2D eigenvalue weighted by Crippen LogP contribution is 2.53. The molecule has 0 saturated carbocycles. The molecule has 2 aromatic rings. The lowest BCUT2D eigenvalue weighted by atomic mass is 9.84. The fourth-order valence-electron chi connectivity index (χ4n) is 2.96. The molecular formula is C19H16F4O4. The van der Waals surface area contributed by atoms with E-state index in [0.29, 0.717) is 11.6 Å². The normalized spacial score (nSPS) is 19.4. The minimum absolute atomic E-state index is 0.0556. The molecule has 4 nitrogen and oxygen atoms in total. The van der Waals surface area contributed by atoms with Gasteiger partial charge in [0.2, 0.25) is 0 Å². The molecule has 1 unspecified atom stereocenters. The molecule has 0 spiro atoms. The molecule has 1 heterocycles. The molecule has 1 fully saturated rings. The lowest BCUT2D eigenvalue weighted by Crippen LogP contribution is -2.53. The maximum atomic E-state index is 14.3. The van der Waals surface area contributed by atoms with Gasteiger partial charge < -0.3 is 14.6 Å². The van der Waals surface area contributed by atoms with Gasteiger partial charge >= 0.3 is 12.1 Å². The number of rotatable bonds is 6. The number of carbonyl (C=O) groups is 1. The summed E-state index contributed by atoms with van der Waals surface area (Å²) in [4.78, 5) is 10.9. The highest BCUT2D eigenvalue weighted by Gasteiger charge is 2.62. The molecule has 2 aromatic carbocycles. The summed E-state index contributed by atoms with van der Waals surface area (Å²) in [5.41, 5.74) is -2.69. The first-order chi connectivity index (χ1) is 12.7. The predicted molar refractivity (Wildman–Crippen MR) is 86.8 cm³/mol. The van der Waals surface area contributed by atoms with Gasteiger partial charge in [-0.15, -0.1) is 0 Å². The van der Waals surface area contributed by atoms with Crippen LogP contribution in [0.1, 0.15) is 23.1 Å². The molecule has 0 amide bonds. The summed E-state index contributed by atoms with van der Waals surface area (Å²) in [6.07, 6.45) is -5.81. The number of aliphatic carboxylic acids is 1. The van der Waals surface area contributed by atoms with Gasteiger partial charge in [0.05, 0.1) is 13.0 Å². The Bertz CT molecular complexity index is 830. The summed E-state index contributed by atoms with van der Waals surface area (Å²) >= 11 is 0. The van der Waals surface area contributed by atoms with Crippen LogP contribution >= 0.6 is 0 Å². The zero-order chi connectivity index (χ0) is 19.7. The molecule has 0 aromatic heterocycles. The van der Waals surface area contributed by atoms with Crippen molar-refractivity contribution in [3.63, 3.8) is 0 Å². The van der Waals surface area contributed by atoms with Crippen LogP contribution in [0, 0.1) is 5.82 Å². The minimum Gasteiger partial charge on any atom is -0.488 e. The van der Waals surface area contributed by atoms with Gasteiger partial charge in [-0.1, -0.05) is 30.3 Å². The first-order valence-electron chi connectivity index (χ1n) is 8.15. The van der Waals surface area contributed by atoms with E-state index >= 15 is 0 Å². The van der Waals surface area contributed by atoms with E-state index in [1.165, 1.54) is 0 Å². The topological polar surface area (TPSA) is 55.8 Å². The summed E-state index contributed by atoms with van der Waals surface area (Å²) in [5.74, 6) is -2.59. The SMILES string of the molecule is O=C(O)Cc1cc(OCc2ccccc2)c(C2(C(F)(F)F)CCO2)cc1F. The Balaban J connectivity index is 2.02. The highest BCUT2D eigenvalue weighted by molar-refractivity contribution is 5.70. The molecule has 1 aliphatic heterocycles. The van der Waals surface area contributed by atoms with E-state index in [9.17, 15) is 22.4 Å². The largest absolute Gasteiger partial charge is 0.488 e. The number of carboxylic acids is 1. The van der Waals surface area contributed by atoms with Gasteiger partial charge in [0.25, 0.3) is 0 Å². The molecule has 1 saturated heterocycles. The Labute approximate surface area is 152 Å². The van der Waals surface area contributed by atoms with Crippen molar-refractivity contribution in [2.45, 2.75) is 31.2 Å². The van der Waals surface area contributed by atoms with E-state index in [1.807, 2.05) is 0 Å². The van der Waals surface area contributed by atoms with Crippen molar-refractivity contribution in [1.82, 2.24) is 0 Å². The summed E-state index contributed by atoms with van der Waals surface area (Å²) in [6, 6.07) is 10.4. The average molecular weight is 384 g/mol. The predicted octanol–water partition coefficient (Wildman–Crippen LogP) is 4.21. The number of hydrogen-bond acceptors (Lipinski definition) is 3. The van der Waals surface area contributed by atoms with Crippen LogP contribution in [0.2, 0.25) is 0 Å². The second-order valence-corrected chi connectivity index (χ2v) is 6.21. The Morgan fingerprint density at radius 1 is 1.22 bits per heavy atom. The Hall–Kier alpha value is -2.61. The molecule has 0 bridgehead atoms. The highest BCUT2D eigenvalue weighted by atomic mass is 19.4. The lowest BCUT2D eigenvalue weighted by molar-refractivity contribution is -0.334. The zero-order valence-corrected chi connectivity index (χ0v) is 14.1. The lowest BCUT2D eigenvalue weighted by Gasteiger charge is -2.43. The van der Waals surface area contributed by atoms with E-state index in [0.717, 1.165) is 6.07 Å². The van der Waals surface area contributed by atoms with Gasteiger partial charge in [-0.25, -0.2) is 4.39 Å². The molecule has 1 N–H and O–H groups in total. The van der Waals surface area contributed by atoms with Crippen molar-refractivity contribution >= 4 is 5.97 Å². The third-order valence-corrected chi connectivity index (χ3v) is 4.42. The fourth-order valence-corrected chi connectivity index (χ4v) is 2.96. The van der Waals surface area contributed by atoms with Gasteiger partial charge in [-0.05, 0) is 17.7 Å². The molecule has 1 aliphatic rings. The summed E-state index contributed by atoms with van der Waals surface area (Å²) < 4.78 is 65.6. The third-order valence-electron chi connectivity index (χ3n) is 4.42. The van der Waals surface area contributed by atoms with Crippen molar-refractivity contribution in [3.8, 4) is 5.75 Å². The van der Waals surface area contributed by atoms with Crippen LogP contribution in [0.3, 0.4) is 0 Å². The molecule has 1 atom stereocenters. The Morgan fingerprint density at radius 3 is 2.41 bits per heavy atom. The third kappa shape index (κ3) is 3.75. The van der Waals surface area contributed by atoms with Crippen LogP contribution in [-0.2, 0) is 28.2 Å². The van der Waals surface area contributed by atoms with Crippen LogP contribution in [0.25, 0.3) is 0 Å². The first kappa shape index (κ1) is 19.2. The van der Waals surface area contributed by atoms with E-state index in [-0.39, 0.29) is 30.9 Å². The second-order valence-electron chi connectivity index (χ2n) is 6.21. The zero-order valence-electron chi connectivity index (χ0n) is 14.1. The number of halogens is 4. The van der Waals surface area contributed by atoms with E-state index in [1.54, 1.807) is 30.3 Å². The van der Waals surface area contributed by atoms with Crippen molar-refractivity contribution in [1.29, 1.82) is 0 Å². The van der Waals surface area contributed by atoms with Crippen LogP contribution in [0.5, 0.6) is 5.75 Å². The van der Waals surface area contributed by atoms with Gasteiger partial charge in [0.1, 0.15) is 18.2 Å². The molecular weight excluding hydrogens is 368 g/mol. The maximum absolute atomic E-state index is 14.3. The number of ether oxygens (including phenoxy) is 2. The van der Waals surface area contributed by atoms with Crippen LogP contribution in [0.4, 0.5) is 17.6 Å². The molecule has 3 rings (SSSR count). The number of hydrogen-bond donors (Lipinski definition) is 1. The molecule has 144 valence electrons. The number of benzene rings is 2.